The molecule has 1 amide bonds. The molecule has 0 aliphatic rings. The highest BCUT2D eigenvalue weighted by molar-refractivity contribution is 5.94. The Morgan fingerprint density at radius 2 is 1.83 bits per heavy atom. The molecule has 0 aliphatic carbocycles. The number of anilines is 1. The van der Waals surface area contributed by atoms with E-state index in [2.05, 4.69) is 20.6 Å². The van der Waals surface area contributed by atoms with Gasteiger partial charge in [-0.1, -0.05) is 0 Å². The summed E-state index contributed by atoms with van der Waals surface area (Å²) in [6, 6.07) is 4.81. The summed E-state index contributed by atoms with van der Waals surface area (Å²) in [7, 11) is 2.76. The summed E-state index contributed by atoms with van der Waals surface area (Å²) < 4.78 is 40.9. The maximum absolute atomic E-state index is 12.9. The second-order valence-corrected chi connectivity index (χ2v) is 6.35. The van der Waals surface area contributed by atoms with Crippen molar-refractivity contribution in [2.75, 3.05) is 18.4 Å². The Bertz CT molecular complexity index is 1230. The van der Waals surface area contributed by atoms with Crippen LogP contribution in [0.3, 0.4) is 0 Å². The van der Waals surface area contributed by atoms with Gasteiger partial charge < -0.3 is 10.6 Å². The quantitative estimate of drug-likeness (QED) is 0.591. The maximum Gasteiger partial charge on any atom is 0.419 e. The Balaban J connectivity index is 1.70. The van der Waals surface area contributed by atoms with Gasteiger partial charge in [0.2, 0.25) is 0 Å². The predicted molar refractivity (Wildman–Crippen MR) is 102 cm³/mol. The van der Waals surface area contributed by atoms with E-state index in [4.69, 9.17) is 0 Å². The van der Waals surface area contributed by atoms with Gasteiger partial charge in [0.1, 0.15) is 17.2 Å². The lowest BCUT2D eigenvalue weighted by atomic mass is 10.2. The molecule has 3 rings (SSSR count). The van der Waals surface area contributed by atoms with Crippen molar-refractivity contribution in [2.45, 2.75) is 6.18 Å². The van der Waals surface area contributed by atoms with Gasteiger partial charge in [0.05, 0.1) is 10.9 Å². The first-order valence-electron chi connectivity index (χ1n) is 8.72. The van der Waals surface area contributed by atoms with Gasteiger partial charge in [-0.3, -0.25) is 18.7 Å². The molecule has 0 aliphatic heterocycles. The molecule has 0 saturated carbocycles. The van der Waals surface area contributed by atoms with Crippen LogP contribution in [0.5, 0.6) is 0 Å². The van der Waals surface area contributed by atoms with Gasteiger partial charge >= 0.3 is 11.9 Å². The van der Waals surface area contributed by atoms with E-state index in [-0.39, 0.29) is 35.6 Å². The van der Waals surface area contributed by atoms with E-state index in [1.807, 2.05) is 0 Å². The first kappa shape index (κ1) is 21.0. The van der Waals surface area contributed by atoms with E-state index in [1.165, 1.54) is 38.5 Å². The Hall–Kier alpha value is -3.70. The van der Waals surface area contributed by atoms with Crippen molar-refractivity contribution in [1.29, 1.82) is 0 Å². The summed E-state index contributed by atoms with van der Waals surface area (Å²) >= 11 is 0. The summed E-state index contributed by atoms with van der Waals surface area (Å²) in [4.78, 5) is 44.2. The summed E-state index contributed by atoms with van der Waals surface area (Å²) in [5, 5.41) is 5.21. The number of halogens is 3. The molecule has 0 atom stereocenters. The van der Waals surface area contributed by atoms with Crippen LogP contribution in [0.1, 0.15) is 16.1 Å². The number of alkyl halides is 3. The molecule has 12 heteroatoms. The van der Waals surface area contributed by atoms with Crippen LogP contribution in [0.2, 0.25) is 0 Å². The minimum atomic E-state index is -4.55. The van der Waals surface area contributed by atoms with Crippen molar-refractivity contribution < 1.29 is 18.0 Å². The molecule has 30 heavy (non-hydrogen) atoms. The minimum Gasteiger partial charge on any atom is -0.368 e. The van der Waals surface area contributed by atoms with Gasteiger partial charge in [0.15, 0.2) is 0 Å². The van der Waals surface area contributed by atoms with E-state index in [1.54, 1.807) is 0 Å². The van der Waals surface area contributed by atoms with Crippen molar-refractivity contribution in [2.24, 2.45) is 14.1 Å². The lowest BCUT2D eigenvalue weighted by molar-refractivity contribution is -0.137. The number of rotatable bonds is 5. The average molecular weight is 422 g/mol. The smallest absolute Gasteiger partial charge is 0.368 e. The average Bonchev–Trinajstić information content (AvgIpc) is 2.72. The number of aryl methyl sites for hydroxylation is 1. The van der Waals surface area contributed by atoms with Crippen molar-refractivity contribution >= 4 is 22.8 Å². The van der Waals surface area contributed by atoms with Gasteiger partial charge in [-0.15, -0.1) is 0 Å². The van der Waals surface area contributed by atoms with E-state index >= 15 is 0 Å². The molecule has 0 spiro atoms. The molecule has 3 aromatic rings. The number of amides is 1. The summed E-state index contributed by atoms with van der Waals surface area (Å²) in [5.74, 6) is -0.946. The number of fused-ring (bicyclic) bond motifs is 1. The highest BCUT2D eigenvalue weighted by atomic mass is 19.4. The number of hydrogen-bond donors (Lipinski definition) is 2. The normalized spacial score (nSPS) is 11.5. The molecule has 158 valence electrons. The highest BCUT2D eigenvalue weighted by Crippen LogP contribution is 2.33. The zero-order chi connectivity index (χ0) is 22.1. The standard InChI is InChI=1S/C18H17F3N6O3/c1-26-14-10(16(29)27(2)17(26)30)5-6-12(25-14)15(28)24-9-8-23-13-11(18(19,20)21)4-3-7-22-13/h3-7H,8-9H2,1-2H3,(H,22,23)(H,24,28). The topological polar surface area (TPSA) is 111 Å². The highest BCUT2D eigenvalue weighted by Gasteiger charge is 2.33. The molecule has 0 fully saturated rings. The molecule has 9 nitrogen and oxygen atoms in total. The molecular weight excluding hydrogens is 405 g/mol. The van der Waals surface area contributed by atoms with Gasteiger partial charge in [-0.25, -0.2) is 14.8 Å². The zero-order valence-corrected chi connectivity index (χ0v) is 15.9. The zero-order valence-electron chi connectivity index (χ0n) is 15.9. The molecule has 0 radical (unpaired) electrons. The van der Waals surface area contributed by atoms with Crippen molar-refractivity contribution in [3.63, 3.8) is 0 Å². The number of aromatic nitrogens is 4. The van der Waals surface area contributed by atoms with Gasteiger partial charge in [0, 0.05) is 33.4 Å². The molecule has 3 heterocycles. The Morgan fingerprint density at radius 1 is 1.10 bits per heavy atom. The molecule has 0 bridgehead atoms. The Morgan fingerprint density at radius 3 is 2.53 bits per heavy atom. The van der Waals surface area contributed by atoms with Crippen LogP contribution in [0.25, 0.3) is 11.0 Å². The third-order valence-electron chi connectivity index (χ3n) is 4.35. The Kier molecular flexibility index (Phi) is 5.58. The number of nitrogens with one attached hydrogen (secondary N) is 2. The van der Waals surface area contributed by atoms with Gasteiger partial charge in [-0.2, -0.15) is 13.2 Å². The second-order valence-electron chi connectivity index (χ2n) is 6.35. The molecule has 2 N–H and O–H groups in total. The molecule has 0 saturated heterocycles. The van der Waals surface area contributed by atoms with Crippen LogP contribution in [-0.2, 0) is 20.3 Å². The summed E-state index contributed by atoms with van der Waals surface area (Å²) in [5.41, 5.74) is -2.02. The van der Waals surface area contributed by atoms with Crippen LogP contribution >= 0.6 is 0 Å². The Labute approximate surface area is 167 Å². The summed E-state index contributed by atoms with van der Waals surface area (Å²) in [6.45, 7) is -0.0274. The number of carbonyl (C=O) groups is 1. The number of nitrogens with zero attached hydrogens (tertiary/aromatic N) is 4. The second kappa shape index (κ2) is 7.97. The van der Waals surface area contributed by atoms with E-state index in [9.17, 15) is 27.6 Å². The van der Waals surface area contributed by atoms with Crippen molar-refractivity contribution in [3.05, 3.63) is 62.6 Å². The van der Waals surface area contributed by atoms with E-state index in [0.717, 1.165) is 15.2 Å². The fourth-order valence-electron chi connectivity index (χ4n) is 2.80. The first-order chi connectivity index (χ1) is 14.1. The van der Waals surface area contributed by atoms with Crippen molar-refractivity contribution in [3.8, 4) is 0 Å². The lowest BCUT2D eigenvalue weighted by Crippen LogP contribution is -2.37. The van der Waals surface area contributed by atoms with Gasteiger partial charge in [-0.05, 0) is 24.3 Å². The van der Waals surface area contributed by atoms with Crippen LogP contribution in [-0.4, -0.2) is 38.1 Å². The summed E-state index contributed by atoms with van der Waals surface area (Å²) in [6.07, 6.45) is -3.33. The lowest BCUT2D eigenvalue weighted by Gasteiger charge is -2.13. The number of hydrogen-bond acceptors (Lipinski definition) is 6. The molecular formula is C18H17F3N6O3. The fourth-order valence-corrected chi connectivity index (χ4v) is 2.80. The van der Waals surface area contributed by atoms with Crippen LogP contribution < -0.4 is 21.9 Å². The van der Waals surface area contributed by atoms with E-state index < -0.39 is 28.9 Å². The van der Waals surface area contributed by atoms with Gasteiger partial charge in [0.25, 0.3) is 11.5 Å². The predicted octanol–water partition coefficient (Wildman–Crippen LogP) is 0.888. The van der Waals surface area contributed by atoms with Crippen molar-refractivity contribution in [1.82, 2.24) is 24.4 Å². The number of pyridine rings is 2. The maximum atomic E-state index is 12.9. The largest absolute Gasteiger partial charge is 0.419 e. The SMILES string of the molecule is Cn1c(=O)c2ccc(C(=O)NCCNc3ncccc3C(F)(F)F)nc2n(C)c1=O. The molecule has 3 aromatic heterocycles. The van der Waals surface area contributed by atoms with E-state index in [0.29, 0.717) is 0 Å². The first-order valence-corrected chi connectivity index (χ1v) is 8.72. The number of carbonyl (C=O) groups excluding carboxylic acids is 1. The molecule has 0 unspecified atom stereocenters. The third kappa shape index (κ3) is 4.02. The van der Waals surface area contributed by atoms with Crippen LogP contribution in [0.15, 0.2) is 40.1 Å². The monoisotopic (exact) mass is 422 g/mol. The van der Waals surface area contributed by atoms with Crippen LogP contribution in [0.4, 0.5) is 19.0 Å². The minimum absolute atomic E-state index is 0.0120. The van der Waals surface area contributed by atoms with Crippen LogP contribution in [0, 0.1) is 0 Å². The fraction of sp³-hybridized carbons (Fsp3) is 0.278. The molecule has 0 aromatic carbocycles. The third-order valence-corrected chi connectivity index (χ3v) is 4.35.